The Kier molecular flexibility index (Phi) is 5.72. The number of aromatic nitrogens is 1. The van der Waals surface area contributed by atoms with Gasteiger partial charge in [0.2, 0.25) is 5.91 Å². The molecule has 5 nitrogen and oxygen atoms in total. The Labute approximate surface area is 152 Å². The minimum absolute atomic E-state index is 0.289. The van der Waals surface area contributed by atoms with Crippen molar-refractivity contribution in [2.45, 2.75) is 12.5 Å². The van der Waals surface area contributed by atoms with Crippen LogP contribution >= 0.6 is 0 Å². The van der Waals surface area contributed by atoms with Crippen LogP contribution < -0.4 is 10.6 Å². The highest BCUT2D eigenvalue weighted by Gasteiger charge is 2.22. The summed E-state index contributed by atoms with van der Waals surface area (Å²) in [7, 11) is 0. The van der Waals surface area contributed by atoms with Gasteiger partial charge in [-0.05, 0) is 29.8 Å². The van der Waals surface area contributed by atoms with Gasteiger partial charge in [-0.15, -0.1) is 0 Å². The lowest BCUT2D eigenvalue weighted by atomic mass is 10.0. The largest absolute Gasteiger partial charge is 0.340 e. The van der Waals surface area contributed by atoms with Crippen LogP contribution in [-0.4, -0.2) is 22.8 Å². The number of nitrogens with zero attached hydrogens (tertiary/aromatic N) is 1. The molecule has 3 aromatic rings. The van der Waals surface area contributed by atoms with Gasteiger partial charge in [0, 0.05) is 18.2 Å². The van der Waals surface area contributed by atoms with Gasteiger partial charge in [-0.2, -0.15) is 0 Å². The molecule has 1 heterocycles. The normalized spacial score (nSPS) is 11.4. The van der Waals surface area contributed by atoms with Gasteiger partial charge in [0.15, 0.2) is 0 Å². The molecule has 3 rings (SSSR count). The number of rotatable bonds is 6. The second kappa shape index (κ2) is 8.58. The number of benzene rings is 2. The van der Waals surface area contributed by atoms with E-state index in [1.165, 1.54) is 0 Å². The lowest BCUT2D eigenvalue weighted by Gasteiger charge is -2.18. The zero-order chi connectivity index (χ0) is 18.2. The van der Waals surface area contributed by atoms with Gasteiger partial charge in [0.25, 0.3) is 5.91 Å². The first-order valence-corrected chi connectivity index (χ1v) is 8.34. The van der Waals surface area contributed by atoms with Crippen LogP contribution in [-0.2, 0) is 11.2 Å². The fraction of sp³-hybridized carbons (Fsp3) is 0.0952. The third-order valence-corrected chi connectivity index (χ3v) is 3.86. The summed E-state index contributed by atoms with van der Waals surface area (Å²) in [6, 6.07) is 23.0. The van der Waals surface area contributed by atoms with Crippen LogP contribution in [0.4, 0.5) is 5.82 Å². The van der Waals surface area contributed by atoms with E-state index in [1.807, 2.05) is 36.4 Å². The minimum atomic E-state index is -0.716. The van der Waals surface area contributed by atoms with E-state index in [4.69, 9.17) is 0 Å². The Hall–Kier alpha value is -3.47. The summed E-state index contributed by atoms with van der Waals surface area (Å²) in [6.07, 6.45) is 1.99. The number of carbonyl (C=O) groups is 2. The van der Waals surface area contributed by atoms with Crippen molar-refractivity contribution in [1.82, 2.24) is 10.3 Å². The topological polar surface area (TPSA) is 71.1 Å². The number of hydrogen-bond acceptors (Lipinski definition) is 3. The summed E-state index contributed by atoms with van der Waals surface area (Å²) in [5, 5.41) is 5.58. The predicted molar refractivity (Wildman–Crippen MR) is 101 cm³/mol. The molecule has 0 radical (unpaired) electrons. The summed E-state index contributed by atoms with van der Waals surface area (Å²) in [5.74, 6) is -0.149. The van der Waals surface area contributed by atoms with E-state index >= 15 is 0 Å². The molecule has 5 heteroatoms. The Morgan fingerprint density at radius 1 is 0.846 bits per heavy atom. The molecule has 0 saturated heterocycles. The van der Waals surface area contributed by atoms with E-state index in [0.717, 1.165) is 5.56 Å². The van der Waals surface area contributed by atoms with Crippen LogP contribution in [0.5, 0.6) is 0 Å². The Morgan fingerprint density at radius 3 is 2.15 bits per heavy atom. The minimum Gasteiger partial charge on any atom is -0.340 e. The number of amides is 2. The SMILES string of the molecule is O=C(NC(Cc1ccccc1)C(=O)Nc1ccccn1)c1ccccc1. The Morgan fingerprint density at radius 2 is 1.50 bits per heavy atom. The summed E-state index contributed by atoms with van der Waals surface area (Å²) in [6.45, 7) is 0. The fourth-order valence-electron chi connectivity index (χ4n) is 2.54. The maximum Gasteiger partial charge on any atom is 0.251 e. The van der Waals surface area contributed by atoms with Crippen molar-refractivity contribution < 1.29 is 9.59 Å². The first-order valence-electron chi connectivity index (χ1n) is 8.34. The predicted octanol–water partition coefficient (Wildman–Crippen LogP) is 3.06. The van der Waals surface area contributed by atoms with Crippen molar-refractivity contribution in [1.29, 1.82) is 0 Å². The lowest BCUT2D eigenvalue weighted by molar-refractivity contribution is -0.118. The van der Waals surface area contributed by atoms with Crippen LogP contribution in [0.2, 0.25) is 0 Å². The highest BCUT2D eigenvalue weighted by molar-refractivity contribution is 6.00. The molecule has 0 bridgehead atoms. The van der Waals surface area contributed by atoms with Crippen molar-refractivity contribution in [3.63, 3.8) is 0 Å². The number of pyridine rings is 1. The van der Waals surface area contributed by atoms with E-state index in [1.54, 1.807) is 48.7 Å². The van der Waals surface area contributed by atoms with Crippen LogP contribution in [0.15, 0.2) is 85.1 Å². The molecule has 26 heavy (non-hydrogen) atoms. The first kappa shape index (κ1) is 17.4. The van der Waals surface area contributed by atoms with E-state index in [0.29, 0.717) is 17.8 Å². The monoisotopic (exact) mass is 345 g/mol. The molecule has 2 N–H and O–H groups in total. The average molecular weight is 345 g/mol. The number of anilines is 1. The van der Waals surface area contributed by atoms with Gasteiger partial charge in [-0.3, -0.25) is 9.59 Å². The van der Waals surface area contributed by atoms with Crippen molar-refractivity contribution in [2.24, 2.45) is 0 Å². The molecule has 0 fully saturated rings. The molecule has 0 spiro atoms. The Balaban J connectivity index is 1.76. The summed E-state index contributed by atoms with van der Waals surface area (Å²) in [5.41, 5.74) is 1.47. The molecule has 0 aliphatic carbocycles. The molecule has 130 valence electrons. The average Bonchev–Trinajstić information content (AvgIpc) is 2.69. The van der Waals surface area contributed by atoms with Crippen LogP contribution in [0.3, 0.4) is 0 Å². The highest BCUT2D eigenvalue weighted by atomic mass is 16.2. The maximum absolute atomic E-state index is 12.7. The van der Waals surface area contributed by atoms with Crippen molar-refractivity contribution in [2.75, 3.05) is 5.32 Å². The molecule has 0 saturated carbocycles. The standard InChI is InChI=1S/C21H19N3O2/c25-20(17-11-5-2-6-12-17)23-18(15-16-9-3-1-4-10-16)21(26)24-19-13-7-8-14-22-19/h1-14,18H,15H2,(H,23,25)(H,22,24,26). The third-order valence-electron chi connectivity index (χ3n) is 3.86. The maximum atomic E-state index is 12.7. The fourth-order valence-corrected chi connectivity index (χ4v) is 2.54. The number of carbonyl (C=O) groups excluding carboxylic acids is 2. The van der Waals surface area contributed by atoms with Crippen LogP contribution in [0.25, 0.3) is 0 Å². The van der Waals surface area contributed by atoms with Crippen molar-refractivity contribution in [3.05, 3.63) is 96.2 Å². The summed E-state index contributed by atoms with van der Waals surface area (Å²) < 4.78 is 0. The Bertz CT molecular complexity index is 852. The van der Waals surface area contributed by atoms with Gasteiger partial charge in [-0.25, -0.2) is 4.98 Å². The third kappa shape index (κ3) is 4.77. The molecule has 1 atom stereocenters. The molecule has 2 aromatic carbocycles. The molecule has 0 aliphatic heterocycles. The second-order valence-electron chi connectivity index (χ2n) is 5.79. The van der Waals surface area contributed by atoms with Gasteiger partial charge in [0.1, 0.15) is 11.9 Å². The number of hydrogen-bond donors (Lipinski definition) is 2. The van der Waals surface area contributed by atoms with Gasteiger partial charge in [0.05, 0.1) is 0 Å². The smallest absolute Gasteiger partial charge is 0.251 e. The molecule has 0 aliphatic rings. The van der Waals surface area contributed by atoms with E-state index in [-0.39, 0.29) is 11.8 Å². The summed E-state index contributed by atoms with van der Waals surface area (Å²) >= 11 is 0. The molecular weight excluding hydrogens is 326 g/mol. The van der Waals surface area contributed by atoms with Crippen molar-refractivity contribution in [3.8, 4) is 0 Å². The van der Waals surface area contributed by atoms with Crippen LogP contribution in [0, 0.1) is 0 Å². The molecule has 1 aromatic heterocycles. The van der Waals surface area contributed by atoms with E-state index in [2.05, 4.69) is 15.6 Å². The van der Waals surface area contributed by atoms with Gasteiger partial charge in [-0.1, -0.05) is 54.6 Å². The molecule has 1 unspecified atom stereocenters. The first-order chi connectivity index (χ1) is 12.7. The van der Waals surface area contributed by atoms with E-state index < -0.39 is 6.04 Å². The second-order valence-corrected chi connectivity index (χ2v) is 5.79. The quantitative estimate of drug-likeness (QED) is 0.721. The summed E-state index contributed by atoms with van der Waals surface area (Å²) in [4.78, 5) is 29.3. The van der Waals surface area contributed by atoms with E-state index in [9.17, 15) is 9.59 Å². The lowest BCUT2D eigenvalue weighted by Crippen LogP contribution is -2.45. The highest BCUT2D eigenvalue weighted by Crippen LogP contribution is 2.08. The molecule has 2 amide bonds. The zero-order valence-corrected chi connectivity index (χ0v) is 14.1. The number of nitrogens with one attached hydrogen (secondary N) is 2. The molecular formula is C21H19N3O2. The van der Waals surface area contributed by atoms with Crippen LogP contribution in [0.1, 0.15) is 15.9 Å². The van der Waals surface area contributed by atoms with Crippen molar-refractivity contribution >= 4 is 17.6 Å². The van der Waals surface area contributed by atoms with Gasteiger partial charge < -0.3 is 10.6 Å². The zero-order valence-electron chi connectivity index (χ0n) is 14.1. The van der Waals surface area contributed by atoms with Gasteiger partial charge >= 0.3 is 0 Å².